The average molecular weight is 396 g/mol. The first kappa shape index (κ1) is 20.3. The number of nitrogens with zero attached hydrogens (tertiary/aromatic N) is 3. The topological polar surface area (TPSA) is 70.2 Å². The van der Waals surface area contributed by atoms with E-state index < -0.39 is 10.0 Å². The number of sulfonamides is 1. The van der Waals surface area contributed by atoms with E-state index in [1.54, 1.807) is 12.1 Å². The van der Waals surface area contributed by atoms with E-state index in [4.69, 9.17) is 4.74 Å². The van der Waals surface area contributed by atoms with Gasteiger partial charge in [0.2, 0.25) is 10.0 Å². The maximum Gasteiger partial charge on any atom is 0.253 e. The van der Waals surface area contributed by atoms with Crippen LogP contribution >= 0.6 is 0 Å². The Bertz CT molecular complexity index is 735. The third kappa shape index (κ3) is 4.87. The van der Waals surface area contributed by atoms with Crippen molar-refractivity contribution in [2.24, 2.45) is 5.92 Å². The number of ether oxygens (including phenoxy) is 1. The third-order valence-corrected chi connectivity index (χ3v) is 6.90. The van der Waals surface area contributed by atoms with Crippen molar-refractivity contribution in [3.63, 3.8) is 0 Å². The molecule has 0 bridgehead atoms. The van der Waals surface area contributed by atoms with Crippen molar-refractivity contribution in [2.45, 2.75) is 18.7 Å². The summed E-state index contributed by atoms with van der Waals surface area (Å²) in [5.41, 5.74) is 0.535. The van der Waals surface area contributed by atoms with Crippen LogP contribution < -0.4 is 0 Å². The molecule has 2 saturated heterocycles. The van der Waals surface area contributed by atoms with Crippen LogP contribution in [-0.2, 0) is 14.8 Å². The Morgan fingerprint density at radius 3 is 2.15 bits per heavy atom. The van der Waals surface area contributed by atoms with Crippen molar-refractivity contribution < 1.29 is 17.9 Å². The molecule has 3 rings (SSSR count). The van der Waals surface area contributed by atoms with Gasteiger partial charge in [0.05, 0.1) is 18.1 Å². The molecule has 2 aliphatic heterocycles. The van der Waals surface area contributed by atoms with Gasteiger partial charge in [-0.05, 0) is 30.2 Å². The number of carbonyl (C=O) groups is 1. The highest BCUT2D eigenvalue weighted by atomic mass is 32.2. The van der Waals surface area contributed by atoms with Crippen molar-refractivity contribution >= 4 is 15.9 Å². The number of hydrogen-bond donors (Lipinski definition) is 0. The zero-order chi connectivity index (χ0) is 19.4. The van der Waals surface area contributed by atoms with E-state index in [0.29, 0.717) is 50.9 Å². The lowest BCUT2D eigenvalue weighted by atomic mass is 10.1. The van der Waals surface area contributed by atoms with Crippen LogP contribution in [0.1, 0.15) is 24.2 Å². The molecule has 8 heteroatoms. The Balaban J connectivity index is 1.62. The van der Waals surface area contributed by atoms with Gasteiger partial charge in [-0.25, -0.2) is 8.42 Å². The summed E-state index contributed by atoms with van der Waals surface area (Å²) in [5, 5.41) is 0. The SMILES string of the molecule is CC(C)CN1CCN(C(=O)c2ccc(S(=O)(=O)N3CCOCC3)cc2)CC1. The molecule has 0 saturated carbocycles. The molecule has 2 heterocycles. The Kier molecular flexibility index (Phi) is 6.52. The monoisotopic (exact) mass is 395 g/mol. The number of piperazine rings is 1. The molecule has 0 spiro atoms. The highest BCUT2D eigenvalue weighted by Crippen LogP contribution is 2.19. The summed E-state index contributed by atoms with van der Waals surface area (Å²) in [4.78, 5) is 17.2. The summed E-state index contributed by atoms with van der Waals surface area (Å²) < 4.78 is 32.0. The van der Waals surface area contributed by atoms with E-state index in [-0.39, 0.29) is 10.8 Å². The predicted molar refractivity (Wildman–Crippen MR) is 103 cm³/mol. The minimum Gasteiger partial charge on any atom is -0.379 e. The normalized spacial score (nSPS) is 20.2. The van der Waals surface area contributed by atoms with Crippen LogP contribution in [0.15, 0.2) is 29.2 Å². The first-order valence-electron chi connectivity index (χ1n) is 9.57. The van der Waals surface area contributed by atoms with Gasteiger partial charge in [0.1, 0.15) is 0 Å². The number of amides is 1. The Hall–Kier alpha value is -1.48. The van der Waals surface area contributed by atoms with Gasteiger partial charge >= 0.3 is 0 Å². The molecule has 150 valence electrons. The van der Waals surface area contributed by atoms with E-state index in [2.05, 4.69) is 18.7 Å². The van der Waals surface area contributed by atoms with Crippen molar-refractivity contribution in [3.8, 4) is 0 Å². The van der Waals surface area contributed by atoms with Gasteiger partial charge in [0.15, 0.2) is 0 Å². The molecule has 0 aliphatic carbocycles. The number of morpholine rings is 1. The predicted octanol–water partition coefficient (Wildman–Crippen LogP) is 1.12. The molecule has 27 heavy (non-hydrogen) atoms. The van der Waals surface area contributed by atoms with Gasteiger partial charge in [-0.1, -0.05) is 13.8 Å². The molecule has 0 atom stereocenters. The number of rotatable bonds is 5. The zero-order valence-corrected chi connectivity index (χ0v) is 17.0. The molecule has 2 aliphatic rings. The number of carbonyl (C=O) groups excluding carboxylic acids is 1. The van der Waals surface area contributed by atoms with Crippen molar-refractivity contribution in [3.05, 3.63) is 29.8 Å². The summed E-state index contributed by atoms with van der Waals surface area (Å²) in [6.07, 6.45) is 0. The Morgan fingerprint density at radius 2 is 1.59 bits per heavy atom. The fourth-order valence-corrected chi connectivity index (χ4v) is 4.95. The van der Waals surface area contributed by atoms with E-state index in [1.165, 1.54) is 16.4 Å². The molecule has 7 nitrogen and oxygen atoms in total. The third-order valence-electron chi connectivity index (χ3n) is 4.99. The lowest BCUT2D eigenvalue weighted by Crippen LogP contribution is -2.49. The second-order valence-electron chi connectivity index (χ2n) is 7.53. The summed E-state index contributed by atoms with van der Waals surface area (Å²) in [5.74, 6) is 0.586. The highest BCUT2D eigenvalue weighted by molar-refractivity contribution is 7.89. The first-order chi connectivity index (χ1) is 12.9. The van der Waals surface area contributed by atoms with Gasteiger partial charge in [-0.2, -0.15) is 4.31 Å². The molecule has 1 aromatic rings. The minimum atomic E-state index is -3.53. The van der Waals surface area contributed by atoms with Crippen LogP contribution in [0.2, 0.25) is 0 Å². The van der Waals surface area contributed by atoms with Crippen LogP contribution in [0.3, 0.4) is 0 Å². The van der Waals surface area contributed by atoms with Crippen LogP contribution in [-0.4, -0.2) is 87.5 Å². The second-order valence-corrected chi connectivity index (χ2v) is 9.47. The van der Waals surface area contributed by atoms with E-state index >= 15 is 0 Å². The van der Waals surface area contributed by atoms with Crippen molar-refractivity contribution in [2.75, 3.05) is 59.0 Å². The summed E-state index contributed by atoms with van der Waals surface area (Å²) >= 11 is 0. The van der Waals surface area contributed by atoms with Gasteiger partial charge < -0.3 is 9.64 Å². The standard InChI is InChI=1S/C19H29N3O4S/c1-16(2)15-20-7-9-21(10-8-20)19(23)17-3-5-18(6-4-17)27(24,25)22-11-13-26-14-12-22/h3-6,16H,7-15H2,1-2H3. The molecule has 0 unspecified atom stereocenters. The van der Waals surface area contributed by atoms with Crippen LogP contribution in [0.5, 0.6) is 0 Å². The van der Waals surface area contributed by atoms with Gasteiger partial charge in [-0.15, -0.1) is 0 Å². The maximum absolute atomic E-state index is 12.7. The van der Waals surface area contributed by atoms with Crippen molar-refractivity contribution in [1.29, 1.82) is 0 Å². The number of benzene rings is 1. The largest absolute Gasteiger partial charge is 0.379 e. The fraction of sp³-hybridized carbons (Fsp3) is 0.632. The molecule has 0 N–H and O–H groups in total. The van der Waals surface area contributed by atoms with E-state index in [9.17, 15) is 13.2 Å². The summed E-state index contributed by atoms with van der Waals surface area (Å²) in [7, 11) is -3.53. The quantitative estimate of drug-likeness (QED) is 0.747. The molecule has 0 radical (unpaired) electrons. The number of hydrogen-bond acceptors (Lipinski definition) is 5. The molecule has 1 amide bonds. The zero-order valence-electron chi connectivity index (χ0n) is 16.1. The highest BCUT2D eigenvalue weighted by Gasteiger charge is 2.27. The van der Waals surface area contributed by atoms with Crippen LogP contribution in [0, 0.1) is 5.92 Å². The van der Waals surface area contributed by atoms with Gasteiger partial charge in [0, 0.05) is 51.4 Å². The molecular formula is C19H29N3O4S. The van der Waals surface area contributed by atoms with Crippen LogP contribution in [0.25, 0.3) is 0 Å². The molecule has 0 aromatic heterocycles. The summed E-state index contributed by atoms with van der Waals surface area (Å²) in [6, 6.07) is 6.31. The van der Waals surface area contributed by atoms with E-state index in [1.807, 2.05) is 4.90 Å². The Labute approximate surface area is 161 Å². The van der Waals surface area contributed by atoms with Crippen molar-refractivity contribution in [1.82, 2.24) is 14.1 Å². The molecular weight excluding hydrogens is 366 g/mol. The lowest BCUT2D eigenvalue weighted by molar-refractivity contribution is 0.0623. The first-order valence-corrected chi connectivity index (χ1v) is 11.0. The minimum absolute atomic E-state index is 0.0329. The average Bonchev–Trinajstić information content (AvgIpc) is 2.68. The molecule has 2 fully saturated rings. The van der Waals surface area contributed by atoms with Gasteiger partial charge in [0.25, 0.3) is 5.91 Å². The fourth-order valence-electron chi connectivity index (χ4n) is 3.54. The lowest BCUT2D eigenvalue weighted by Gasteiger charge is -2.35. The Morgan fingerprint density at radius 1 is 1.00 bits per heavy atom. The summed E-state index contributed by atoms with van der Waals surface area (Å²) in [6.45, 7) is 10.2. The van der Waals surface area contributed by atoms with Gasteiger partial charge in [-0.3, -0.25) is 9.69 Å². The maximum atomic E-state index is 12.7. The molecule has 1 aromatic carbocycles. The second kappa shape index (κ2) is 8.68. The smallest absolute Gasteiger partial charge is 0.253 e. The van der Waals surface area contributed by atoms with E-state index in [0.717, 1.165) is 19.6 Å². The van der Waals surface area contributed by atoms with Crippen LogP contribution in [0.4, 0.5) is 0 Å².